The maximum atomic E-state index is 13.6. The van der Waals surface area contributed by atoms with Crippen LogP contribution in [0.1, 0.15) is 48.4 Å². The van der Waals surface area contributed by atoms with Crippen LogP contribution in [-0.2, 0) is 44.3 Å². The summed E-state index contributed by atoms with van der Waals surface area (Å²) in [5.74, 6) is -1.35. The molecule has 0 unspecified atom stereocenters. The van der Waals surface area contributed by atoms with E-state index in [-0.39, 0.29) is 114 Å². The molecule has 19 heteroatoms. The van der Waals surface area contributed by atoms with Gasteiger partial charge in [-0.15, -0.1) is 0 Å². The number of hydrogen-bond acceptors (Lipinski definition) is 11. The molecule has 3 aliphatic heterocycles. The van der Waals surface area contributed by atoms with Gasteiger partial charge in [0.05, 0.1) is 63.7 Å². The summed E-state index contributed by atoms with van der Waals surface area (Å²) >= 11 is 0. The van der Waals surface area contributed by atoms with Crippen molar-refractivity contribution in [3.05, 3.63) is 77.9 Å². The molecule has 3 fully saturated rings. The first-order chi connectivity index (χ1) is 25.9. The number of sulfonamides is 3. The van der Waals surface area contributed by atoms with Gasteiger partial charge in [0.15, 0.2) is 0 Å². The van der Waals surface area contributed by atoms with Crippen LogP contribution in [0.25, 0.3) is 0 Å². The molecule has 2 amide bonds. The van der Waals surface area contributed by atoms with E-state index >= 15 is 0 Å². The minimum absolute atomic E-state index is 0.00357. The Kier molecular flexibility index (Phi) is 12.2. The van der Waals surface area contributed by atoms with Crippen molar-refractivity contribution in [2.75, 3.05) is 63.1 Å². The van der Waals surface area contributed by atoms with Gasteiger partial charge in [0.25, 0.3) is 11.8 Å². The molecule has 3 heterocycles. The molecule has 0 aromatic heterocycles. The summed E-state index contributed by atoms with van der Waals surface area (Å²) in [6.07, 6.45) is -1.13. The average molecular weight is 820 g/mol. The number of ether oxygens (including phenoxy) is 3. The van der Waals surface area contributed by atoms with Gasteiger partial charge in [-0.2, -0.15) is 12.9 Å². The van der Waals surface area contributed by atoms with Crippen LogP contribution >= 0.6 is 0 Å². The minimum Gasteiger partial charge on any atom is -0.379 e. The van der Waals surface area contributed by atoms with Crippen molar-refractivity contribution in [3.8, 4) is 0 Å². The molecule has 55 heavy (non-hydrogen) atoms. The number of morpholine rings is 3. The first-order valence-corrected chi connectivity index (χ1v) is 22.1. The van der Waals surface area contributed by atoms with Crippen LogP contribution in [0.4, 0.5) is 11.4 Å². The highest BCUT2D eigenvalue weighted by Gasteiger charge is 2.34. The fourth-order valence-corrected chi connectivity index (χ4v) is 11.3. The van der Waals surface area contributed by atoms with Gasteiger partial charge in [0, 0.05) is 50.4 Å². The molecule has 0 spiro atoms. The summed E-state index contributed by atoms with van der Waals surface area (Å²) in [6, 6.07) is 14.6. The molecule has 0 radical (unpaired) electrons. The Morgan fingerprint density at radius 3 is 1.31 bits per heavy atom. The summed E-state index contributed by atoms with van der Waals surface area (Å²) in [7, 11) is -11.8. The molecule has 0 aliphatic carbocycles. The topological polar surface area (TPSA) is 198 Å². The van der Waals surface area contributed by atoms with E-state index in [9.17, 15) is 34.8 Å². The molecule has 3 aromatic rings. The van der Waals surface area contributed by atoms with Crippen molar-refractivity contribution >= 4 is 53.3 Å². The summed E-state index contributed by atoms with van der Waals surface area (Å²) in [5, 5.41) is 5.37. The lowest BCUT2D eigenvalue weighted by atomic mass is 10.2. The van der Waals surface area contributed by atoms with Crippen LogP contribution in [0, 0.1) is 0 Å². The molecule has 3 saturated heterocycles. The summed E-state index contributed by atoms with van der Waals surface area (Å²) in [4.78, 5) is 26.9. The third kappa shape index (κ3) is 9.11. The molecule has 4 atom stereocenters. The second kappa shape index (κ2) is 16.4. The quantitative estimate of drug-likeness (QED) is 0.305. The van der Waals surface area contributed by atoms with Gasteiger partial charge >= 0.3 is 0 Å². The van der Waals surface area contributed by atoms with Crippen LogP contribution in [0.3, 0.4) is 0 Å². The van der Waals surface area contributed by atoms with Crippen LogP contribution in [0.2, 0.25) is 0 Å². The maximum absolute atomic E-state index is 13.6. The predicted molar refractivity (Wildman–Crippen MR) is 202 cm³/mol. The third-order valence-electron chi connectivity index (χ3n) is 9.38. The third-order valence-corrected chi connectivity index (χ3v) is 15.0. The number of anilines is 2. The first kappa shape index (κ1) is 40.9. The normalized spacial score (nSPS) is 23.6. The van der Waals surface area contributed by atoms with Crippen molar-refractivity contribution in [3.63, 3.8) is 0 Å². The van der Waals surface area contributed by atoms with Crippen molar-refractivity contribution in [2.45, 2.75) is 66.8 Å². The van der Waals surface area contributed by atoms with Gasteiger partial charge in [0.1, 0.15) is 0 Å². The number of nitrogens with one attached hydrogen (secondary N) is 2. The van der Waals surface area contributed by atoms with Gasteiger partial charge in [-0.3, -0.25) is 9.59 Å². The van der Waals surface area contributed by atoms with Crippen molar-refractivity contribution in [2.24, 2.45) is 0 Å². The Labute approximate surface area is 321 Å². The Hall–Kier alpha value is -3.79. The number of carbonyl (C=O) groups is 2. The lowest BCUT2D eigenvalue weighted by molar-refractivity contribution is -0.0442. The molecular weight excluding hydrogens is 775 g/mol. The fraction of sp³-hybridized carbons (Fsp3) is 0.444. The van der Waals surface area contributed by atoms with Crippen molar-refractivity contribution in [1.29, 1.82) is 0 Å². The molecule has 3 aromatic carbocycles. The van der Waals surface area contributed by atoms with Crippen LogP contribution in [0.15, 0.2) is 81.4 Å². The summed E-state index contributed by atoms with van der Waals surface area (Å²) in [5.41, 5.74) is 0.186. The lowest BCUT2D eigenvalue weighted by Gasteiger charge is -2.34. The second-order valence-electron chi connectivity index (χ2n) is 13.8. The Balaban J connectivity index is 1.24. The second-order valence-corrected chi connectivity index (χ2v) is 19.7. The highest BCUT2D eigenvalue weighted by atomic mass is 32.2. The number of hydrogen-bond donors (Lipinski definition) is 2. The number of benzene rings is 3. The molecule has 3 aliphatic rings. The van der Waals surface area contributed by atoms with E-state index in [1.807, 2.05) is 0 Å². The van der Waals surface area contributed by atoms with Gasteiger partial charge in [-0.25, -0.2) is 25.3 Å². The zero-order valence-electron chi connectivity index (χ0n) is 30.9. The molecule has 298 valence electrons. The Morgan fingerprint density at radius 1 is 0.527 bits per heavy atom. The SMILES string of the molecule is C[C@@H]1CN(S(=O)(=O)c2ccc(C(=O)Nc3ccc(S(=O)(=O)N4CCOCC4)cc3NC(=O)c3ccc(S(=O)(=O)N4C[C@H](C)O[C@@H](C)C4)cc3)cc2)C[C@@H](C)O1. The molecule has 0 bridgehead atoms. The van der Waals surface area contributed by atoms with Crippen molar-refractivity contribution < 1.29 is 49.1 Å². The molecule has 6 rings (SSSR count). The number of carbonyl (C=O) groups excluding carboxylic acids is 2. The molecule has 16 nitrogen and oxygen atoms in total. The van der Waals surface area contributed by atoms with Crippen LogP contribution < -0.4 is 10.6 Å². The van der Waals surface area contributed by atoms with Crippen LogP contribution in [0.5, 0.6) is 0 Å². The monoisotopic (exact) mass is 819 g/mol. The number of nitrogens with zero attached hydrogens (tertiary/aromatic N) is 3. The van der Waals surface area contributed by atoms with E-state index in [1.165, 1.54) is 79.6 Å². The average Bonchev–Trinajstić information content (AvgIpc) is 3.15. The van der Waals surface area contributed by atoms with E-state index in [1.54, 1.807) is 27.7 Å². The Morgan fingerprint density at radius 2 is 0.891 bits per heavy atom. The van der Waals surface area contributed by atoms with E-state index in [4.69, 9.17) is 14.2 Å². The Bertz CT molecular complexity index is 2210. The smallest absolute Gasteiger partial charge is 0.255 e. The van der Waals surface area contributed by atoms with Gasteiger partial charge in [0.2, 0.25) is 30.1 Å². The molecule has 2 N–H and O–H groups in total. The van der Waals surface area contributed by atoms with Gasteiger partial charge < -0.3 is 24.8 Å². The first-order valence-electron chi connectivity index (χ1n) is 17.8. The minimum atomic E-state index is -4.02. The molecule has 0 saturated carbocycles. The standard InChI is InChI=1S/C36H45N5O11S3/c1-24-20-40(21-25(2)51-24)53(44,45)30-9-5-28(6-10-30)35(42)37-33-14-13-32(55(48,49)39-15-17-50-18-16-39)19-34(33)38-36(43)29-7-11-31(12-8-29)54(46,47)41-22-26(3)52-27(4)23-41/h5-14,19,24-27H,15-18,20-23H2,1-4H3,(H,37,42)(H,38,43)/t24-,25-,26+,27+/m1/s1. The number of rotatable bonds is 10. The zero-order chi connectivity index (χ0) is 39.7. The van der Waals surface area contributed by atoms with Gasteiger partial charge in [-0.05, 0) is 94.4 Å². The highest BCUT2D eigenvalue weighted by molar-refractivity contribution is 7.89. The highest BCUT2D eigenvalue weighted by Crippen LogP contribution is 2.30. The van der Waals surface area contributed by atoms with Gasteiger partial charge in [-0.1, -0.05) is 0 Å². The largest absolute Gasteiger partial charge is 0.379 e. The lowest BCUT2D eigenvalue weighted by Crippen LogP contribution is -2.48. The van der Waals surface area contributed by atoms with E-state index < -0.39 is 41.9 Å². The van der Waals surface area contributed by atoms with E-state index in [0.717, 1.165) is 0 Å². The van der Waals surface area contributed by atoms with Crippen molar-refractivity contribution in [1.82, 2.24) is 12.9 Å². The summed E-state index contributed by atoms with van der Waals surface area (Å²) < 4.78 is 101. The van der Waals surface area contributed by atoms with Crippen LogP contribution in [-0.4, -0.2) is 127 Å². The zero-order valence-corrected chi connectivity index (χ0v) is 33.3. The van der Waals surface area contributed by atoms with E-state index in [0.29, 0.717) is 0 Å². The predicted octanol–water partition coefficient (Wildman–Crippen LogP) is 2.81. The molecular formula is C36H45N5O11S3. The maximum Gasteiger partial charge on any atom is 0.255 e. The van der Waals surface area contributed by atoms with E-state index in [2.05, 4.69) is 10.6 Å². The number of amides is 2. The fourth-order valence-electron chi connectivity index (χ4n) is 6.73. The summed E-state index contributed by atoms with van der Waals surface area (Å²) in [6.45, 7) is 8.63.